The summed E-state index contributed by atoms with van der Waals surface area (Å²) in [7, 11) is 0. The van der Waals surface area contributed by atoms with Gasteiger partial charge < -0.3 is 4.42 Å². The van der Waals surface area contributed by atoms with E-state index in [9.17, 15) is 2.74 Å². The van der Waals surface area contributed by atoms with Crippen LogP contribution in [0.25, 0.3) is 98.4 Å². The first-order valence-corrected chi connectivity index (χ1v) is 15.7. The minimum absolute atomic E-state index is 0.0397. The molecule has 0 saturated carbocycles. The summed E-state index contributed by atoms with van der Waals surface area (Å²) in [5.41, 5.74) is 5.59. The van der Waals surface area contributed by atoms with E-state index in [-0.39, 0.29) is 41.0 Å². The maximum atomic E-state index is 9.82. The van der Waals surface area contributed by atoms with E-state index in [1.807, 2.05) is 78.9 Å². The lowest BCUT2D eigenvalue weighted by Gasteiger charge is -2.19. The van der Waals surface area contributed by atoms with Crippen LogP contribution >= 0.6 is 0 Å². The molecule has 0 aliphatic rings. The van der Waals surface area contributed by atoms with Crippen molar-refractivity contribution in [1.29, 1.82) is 0 Å². The van der Waals surface area contributed by atoms with Gasteiger partial charge in [-0.3, -0.25) is 0 Å². The SMILES string of the molecule is [2H]c1c([2H])c([2H])c2c(-c3ccccc3)c([2H])c(-c3c4ccccc4c(-c4ccc5c(c4)oc4cc6ccccc6cc45)c4ccccc34)c([2H])c2c1[2H]. The smallest absolute Gasteiger partial charge is 0.136 e. The molecule has 0 atom stereocenters. The molecular weight excluding hydrogens is 569 g/mol. The highest BCUT2D eigenvalue weighted by molar-refractivity contribution is 6.23. The molecule has 1 heterocycles. The lowest BCUT2D eigenvalue weighted by atomic mass is 9.84. The molecule has 218 valence electrons. The maximum absolute atomic E-state index is 9.82. The summed E-state index contributed by atoms with van der Waals surface area (Å²) >= 11 is 0. The second kappa shape index (κ2) is 10.2. The summed E-state index contributed by atoms with van der Waals surface area (Å²) in [6.45, 7) is 0. The van der Waals surface area contributed by atoms with Crippen molar-refractivity contribution in [3.8, 4) is 33.4 Å². The summed E-state index contributed by atoms with van der Waals surface area (Å²) in [5, 5.41) is 8.16. The van der Waals surface area contributed by atoms with Crippen LogP contribution in [0.1, 0.15) is 8.22 Å². The third-order valence-electron chi connectivity index (χ3n) is 9.31. The predicted octanol–water partition coefficient (Wildman–Crippen LogP) is 13.2. The fourth-order valence-electron chi connectivity index (χ4n) is 7.21. The largest absolute Gasteiger partial charge is 0.456 e. The first-order valence-electron chi connectivity index (χ1n) is 18.7. The summed E-state index contributed by atoms with van der Waals surface area (Å²) in [6, 6.07) is 42.8. The fraction of sp³-hybridized carbons (Fsp3) is 0. The Morgan fingerprint density at radius 1 is 0.383 bits per heavy atom. The second-order valence-corrected chi connectivity index (χ2v) is 12.0. The molecule has 0 spiro atoms. The van der Waals surface area contributed by atoms with Crippen molar-refractivity contribution in [1.82, 2.24) is 0 Å². The molecule has 0 amide bonds. The van der Waals surface area contributed by atoms with Gasteiger partial charge in [0, 0.05) is 10.8 Å². The molecule has 9 aromatic carbocycles. The third kappa shape index (κ3) is 4.03. The van der Waals surface area contributed by atoms with Crippen molar-refractivity contribution < 1.29 is 12.6 Å². The number of fused-ring (bicyclic) bond motifs is 7. The Morgan fingerprint density at radius 2 is 0.979 bits per heavy atom. The van der Waals surface area contributed by atoms with Gasteiger partial charge in [0.15, 0.2) is 0 Å². The molecule has 0 unspecified atom stereocenters. The Hall–Kier alpha value is -6.18. The van der Waals surface area contributed by atoms with Gasteiger partial charge in [-0.15, -0.1) is 0 Å². The quantitative estimate of drug-likeness (QED) is 0.183. The normalized spacial score (nSPS) is 13.6. The highest BCUT2D eigenvalue weighted by Gasteiger charge is 2.19. The predicted molar refractivity (Wildman–Crippen MR) is 200 cm³/mol. The van der Waals surface area contributed by atoms with Gasteiger partial charge in [-0.25, -0.2) is 0 Å². The first kappa shape index (κ1) is 20.8. The number of benzene rings is 9. The Labute approximate surface area is 280 Å². The molecule has 0 aliphatic heterocycles. The van der Waals surface area contributed by atoms with Crippen LogP contribution in [0.15, 0.2) is 174 Å². The van der Waals surface area contributed by atoms with Gasteiger partial charge in [0.1, 0.15) is 11.2 Å². The fourth-order valence-corrected chi connectivity index (χ4v) is 7.21. The molecular formula is C46H28O. The zero-order chi connectivity index (χ0) is 36.1. The van der Waals surface area contributed by atoms with E-state index >= 15 is 0 Å². The average Bonchev–Trinajstić information content (AvgIpc) is 3.54. The van der Waals surface area contributed by atoms with Gasteiger partial charge in [-0.05, 0) is 113 Å². The van der Waals surface area contributed by atoms with E-state index in [0.29, 0.717) is 22.3 Å². The summed E-state index contributed by atoms with van der Waals surface area (Å²) < 4.78 is 61.0. The van der Waals surface area contributed by atoms with Gasteiger partial charge >= 0.3 is 0 Å². The molecule has 0 saturated heterocycles. The van der Waals surface area contributed by atoms with Crippen LogP contribution in [0.5, 0.6) is 0 Å². The van der Waals surface area contributed by atoms with Crippen LogP contribution < -0.4 is 0 Å². The minimum atomic E-state index is -0.405. The van der Waals surface area contributed by atoms with Crippen molar-refractivity contribution in [2.45, 2.75) is 0 Å². The standard InChI is InChI=1S/C46H28O/c1-2-12-29(13-3-1)41-26-34(24-32-16-6-7-17-35(32)41)46-39-20-10-8-18-37(39)45(38-19-9-11-21-40(38)46)33-22-23-36-42-25-30-14-4-5-15-31(30)27-44(42)47-43(36)28-33/h1-28H/i6D,7D,16D,17D,24D,26D. The van der Waals surface area contributed by atoms with Crippen molar-refractivity contribution in [2.24, 2.45) is 0 Å². The van der Waals surface area contributed by atoms with E-state index in [0.717, 1.165) is 65.4 Å². The van der Waals surface area contributed by atoms with Gasteiger partial charge in [0.05, 0.1) is 8.22 Å². The number of rotatable bonds is 3. The highest BCUT2D eigenvalue weighted by atomic mass is 16.3. The molecule has 0 radical (unpaired) electrons. The molecule has 1 nitrogen and oxygen atoms in total. The molecule has 10 rings (SSSR count). The molecule has 0 N–H and O–H groups in total. The van der Waals surface area contributed by atoms with Crippen LogP contribution in [-0.2, 0) is 0 Å². The minimum Gasteiger partial charge on any atom is -0.456 e. The van der Waals surface area contributed by atoms with Gasteiger partial charge in [0.2, 0.25) is 0 Å². The second-order valence-electron chi connectivity index (χ2n) is 12.0. The Bertz CT molecular complexity index is 3130. The summed E-state index contributed by atoms with van der Waals surface area (Å²) in [5.74, 6) is 0. The first-order chi connectivity index (χ1) is 25.8. The van der Waals surface area contributed by atoms with Gasteiger partial charge in [-0.1, -0.05) is 133 Å². The van der Waals surface area contributed by atoms with E-state index in [1.165, 1.54) is 0 Å². The molecule has 1 aromatic heterocycles. The molecule has 0 bridgehead atoms. The average molecular weight is 603 g/mol. The van der Waals surface area contributed by atoms with Crippen molar-refractivity contribution in [3.63, 3.8) is 0 Å². The van der Waals surface area contributed by atoms with E-state index < -0.39 is 6.04 Å². The van der Waals surface area contributed by atoms with E-state index in [4.69, 9.17) is 9.90 Å². The van der Waals surface area contributed by atoms with E-state index in [1.54, 1.807) is 0 Å². The Morgan fingerprint density at radius 3 is 1.70 bits per heavy atom. The van der Waals surface area contributed by atoms with Crippen molar-refractivity contribution in [2.75, 3.05) is 0 Å². The molecule has 0 fully saturated rings. The van der Waals surface area contributed by atoms with Crippen molar-refractivity contribution >= 4 is 65.0 Å². The highest BCUT2D eigenvalue weighted by Crippen LogP contribution is 2.46. The van der Waals surface area contributed by atoms with Crippen molar-refractivity contribution in [3.05, 3.63) is 170 Å². The van der Waals surface area contributed by atoms with Crippen LogP contribution in [-0.4, -0.2) is 0 Å². The summed E-state index contributed by atoms with van der Waals surface area (Å²) in [6.07, 6.45) is 0. The molecule has 1 heteroatoms. The van der Waals surface area contributed by atoms with Gasteiger partial charge in [-0.2, -0.15) is 0 Å². The summed E-state index contributed by atoms with van der Waals surface area (Å²) in [4.78, 5) is 0. The monoisotopic (exact) mass is 602 g/mol. The molecule has 0 aliphatic carbocycles. The number of hydrogen-bond acceptors (Lipinski definition) is 1. The Balaban J connectivity index is 1.32. The van der Waals surface area contributed by atoms with Crippen LogP contribution in [0.3, 0.4) is 0 Å². The third-order valence-corrected chi connectivity index (χ3v) is 9.31. The Kier molecular flexibility index (Phi) is 4.49. The lowest BCUT2D eigenvalue weighted by Crippen LogP contribution is -1.92. The van der Waals surface area contributed by atoms with Crippen LogP contribution in [0.2, 0.25) is 0 Å². The van der Waals surface area contributed by atoms with E-state index in [2.05, 4.69) is 54.6 Å². The van der Waals surface area contributed by atoms with Gasteiger partial charge in [0.25, 0.3) is 0 Å². The molecule has 47 heavy (non-hydrogen) atoms. The zero-order valence-corrected chi connectivity index (χ0v) is 25.1. The zero-order valence-electron chi connectivity index (χ0n) is 31.1. The van der Waals surface area contributed by atoms with Crippen LogP contribution in [0, 0.1) is 0 Å². The topological polar surface area (TPSA) is 13.1 Å². The lowest BCUT2D eigenvalue weighted by molar-refractivity contribution is 0.669. The van der Waals surface area contributed by atoms with Crippen LogP contribution in [0.4, 0.5) is 0 Å². The number of hydrogen-bond donors (Lipinski definition) is 0. The maximum Gasteiger partial charge on any atom is 0.136 e. The molecule has 10 aromatic rings. The number of furan rings is 1.